The number of thiophene rings is 1. The van der Waals surface area contributed by atoms with Crippen LogP contribution >= 0.6 is 11.3 Å². The number of hydrogen-bond donors (Lipinski definition) is 2. The van der Waals surface area contributed by atoms with E-state index in [4.69, 9.17) is 9.72 Å². The third-order valence-electron chi connectivity index (χ3n) is 5.98. The molecule has 4 aromatic rings. The highest BCUT2D eigenvalue weighted by molar-refractivity contribution is 7.21. The molecule has 1 aliphatic rings. The van der Waals surface area contributed by atoms with Crippen LogP contribution in [-0.4, -0.2) is 23.9 Å². The van der Waals surface area contributed by atoms with E-state index in [1.54, 1.807) is 12.0 Å². The molecule has 35 heavy (non-hydrogen) atoms. The van der Waals surface area contributed by atoms with Crippen LogP contribution in [0.25, 0.3) is 10.2 Å². The first-order valence-corrected chi connectivity index (χ1v) is 12.1. The van der Waals surface area contributed by atoms with Gasteiger partial charge in [-0.25, -0.2) is 4.98 Å². The third kappa shape index (κ3) is 4.26. The normalized spacial score (nSPS) is 15.1. The second-order valence-electron chi connectivity index (χ2n) is 8.70. The minimum absolute atomic E-state index is 0.0810. The summed E-state index contributed by atoms with van der Waals surface area (Å²) in [6.45, 7) is 5.87. The first-order chi connectivity index (χ1) is 16.9. The van der Waals surface area contributed by atoms with Crippen LogP contribution in [0.5, 0.6) is 0 Å². The minimum Gasteiger partial charge on any atom is -0.380 e. The number of nitrogens with one attached hydrogen (secondary N) is 2. The largest absolute Gasteiger partial charge is 0.380 e. The van der Waals surface area contributed by atoms with Crippen molar-refractivity contribution in [3.05, 3.63) is 81.9 Å². The van der Waals surface area contributed by atoms with E-state index < -0.39 is 6.17 Å². The van der Waals surface area contributed by atoms with Crippen molar-refractivity contribution in [3.8, 4) is 0 Å². The Labute approximate surface area is 207 Å². The molecule has 7 nitrogen and oxygen atoms in total. The fraction of sp³-hybridized carbons (Fsp3) is 0.222. The van der Waals surface area contributed by atoms with Gasteiger partial charge in [0.05, 0.1) is 12.3 Å². The molecule has 0 aliphatic carbocycles. The molecule has 2 aromatic carbocycles. The van der Waals surface area contributed by atoms with E-state index in [1.165, 1.54) is 18.3 Å². The second kappa shape index (κ2) is 9.13. The van der Waals surface area contributed by atoms with Gasteiger partial charge in [0.15, 0.2) is 0 Å². The number of ether oxygens (including phenoxy) is 1. The highest BCUT2D eigenvalue weighted by Crippen LogP contribution is 2.45. The quantitative estimate of drug-likeness (QED) is 0.373. The maximum absolute atomic E-state index is 14.0. The predicted molar refractivity (Wildman–Crippen MR) is 140 cm³/mol. The number of anilines is 3. The molecule has 3 heterocycles. The maximum atomic E-state index is 14.0. The van der Waals surface area contributed by atoms with Crippen molar-refractivity contribution in [1.29, 1.82) is 0 Å². The van der Waals surface area contributed by atoms with Crippen molar-refractivity contribution in [2.75, 3.05) is 22.6 Å². The van der Waals surface area contributed by atoms with E-state index in [9.17, 15) is 9.59 Å². The first kappa shape index (κ1) is 23.0. The van der Waals surface area contributed by atoms with Gasteiger partial charge in [-0.2, -0.15) is 0 Å². The van der Waals surface area contributed by atoms with Crippen LogP contribution in [-0.2, 0) is 16.1 Å². The highest BCUT2D eigenvalue weighted by Gasteiger charge is 2.37. The summed E-state index contributed by atoms with van der Waals surface area (Å²) in [6.07, 6.45) is -0.446. The SMILES string of the molecule is COCc1cc(C)nc2sc3c(c12)N[C@H](c1ccc(NC(C)=O)cc1)N(c1ccc(C)cc1)C3=O. The Bertz CT molecular complexity index is 1430. The molecule has 0 saturated heterocycles. The summed E-state index contributed by atoms with van der Waals surface area (Å²) < 4.78 is 5.46. The zero-order valence-electron chi connectivity index (χ0n) is 20.0. The molecule has 2 amide bonds. The van der Waals surface area contributed by atoms with Crippen molar-refractivity contribution in [3.63, 3.8) is 0 Å². The first-order valence-electron chi connectivity index (χ1n) is 11.3. The molecule has 0 spiro atoms. The number of methoxy groups -OCH3 is 1. The van der Waals surface area contributed by atoms with Gasteiger partial charge in [0.1, 0.15) is 15.9 Å². The third-order valence-corrected chi connectivity index (χ3v) is 7.05. The van der Waals surface area contributed by atoms with Crippen LogP contribution in [0.4, 0.5) is 17.1 Å². The lowest BCUT2D eigenvalue weighted by atomic mass is 10.0. The standard InChI is InChI=1S/C27H26N4O3S/c1-15-5-11-21(12-6-15)31-25(18-7-9-20(10-8-18)29-17(3)32)30-23-22-19(14-34-4)13-16(2)28-26(22)35-24(23)27(31)33/h5-13,25,30H,14H2,1-4H3,(H,29,32)/t25-/m0/s1. The minimum atomic E-state index is -0.446. The Morgan fingerprint density at radius 1 is 1.14 bits per heavy atom. The van der Waals surface area contributed by atoms with Crippen molar-refractivity contribution >= 4 is 50.4 Å². The molecular formula is C27H26N4O3S. The lowest BCUT2D eigenvalue weighted by Crippen LogP contribution is -2.42. The van der Waals surface area contributed by atoms with E-state index in [0.717, 1.165) is 44.0 Å². The molecule has 8 heteroatoms. The van der Waals surface area contributed by atoms with E-state index in [2.05, 4.69) is 10.6 Å². The van der Waals surface area contributed by atoms with E-state index in [1.807, 2.05) is 68.4 Å². The number of aryl methyl sites for hydroxylation is 2. The van der Waals surface area contributed by atoms with Crippen molar-refractivity contribution in [1.82, 2.24) is 4.98 Å². The Kier molecular flexibility index (Phi) is 6.00. The molecule has 0 bridgehead atoms. The topological polar surface area (TPSA) is 83.6 Å². The van der Waals surface area contributed by atoms with Crippen molar-refractivity contribution in [2.24, 2.45) is 0 Å². The Hall–Kier alpha value is -3.75. The van der Waals surface area contributed by atoms with Gasteiger partial charge in [-0.15, -0.1) is 11.3 Å². The number of hydrogen-bond acceptors (Lipinski definition) is 6. The highest BCUT2D eigenvalue weighted by atomic mass is 32.1. The van der Waals surface area contributed by atoms with Crippen LogP contribution in [0.1, 0.15) is 45.1 Å². The lowest BCUT2D eigenvalue weighted by molar-refractivity contribution is -0.114. The number of benzene rings is 2. The molecule has 2 aromatic heterocycles. The summed E-state index contributed by atoms with van der Waals surface area (Å²) in [5.74, 6) is -0.213. The fourth-order valence-corrected chi connectivity index (χ4v) is 5.62. The number of aromatic nitrogens is 1. The van der Waals surface area contributed by atoms with E-state index in [0.29, 0.717) is 17.2 Å². The van der Waals surface area contributed by atoms with Gasteiger partial charge in [-0.3, -0.25) is 14.5 Å². The van der Waals surface area contributed by atoms with Crippen LogP contribution < -0.4 is 15.5 Å². The second-order valence-corrected chi connectivity index (χ2v) is 9.70. The van der Waals surface area contributed by atoms with Gasteiger partial charge in [0, 0.05) is 36.5 Å². The van der Waals surface area contributed by atoms with Gasteiger partial charge < -0.3 is 15.4 Å². The summed E-state index contributed by atoms with van der Waals surface area (Å²) in [7, 11) is 1.66. The molecule has 0 saturated carbocycles. The van der Waals surface area contributed by atoms with Crippen LogP contribution in [0.3, 0.4) is 0 Å². The lowest BCUT2D eigenvalue weighted by Gasteiger charge is -2.37. The molecule has 1 atom stereocenters. The summed E-state index contributed by atoms with van der Waals surface area (Å²) in [4.78, 5) is 33.4. The number of fused-ring (bicyclic) bond motifs is 3. The van der Waals surface area contributed by atoms with Crippen molar-refractivity contribution in [2.45, 2.75) is 33.5 Å². The molecular weight excluding hydrogens is 460 g/mol. The average Bonchev–Trinajstić information content (AvgIpc) is 3.19. The summed E-state index contributed by atoms with van der Waals surface area (Å²) in [6, 6.07) is 17.5. The summed E-state index contributed by atoms with van der Waals surface area (Å²) >= 11 is 1.40. The Morgan fingerprint density at radius 3 is 2.51 bits per heavy atom. The monoisotopic (exact) mass is 486 g/mol. The van der Waals surface area contributed by atoms with E-state index in [-0.39, 0.29) is 11.8 Å². The molecule has 1 aliphatic heterocycles. The zero-order valence-corrected chi connectivity index (χ0v) is 20.8. The molecule has 0 fully saturated rings. The zero-order chi connectivity index (χ0) is 24.7. The molecule has 0 unspecified atom stereocenters. The average molecular weight is 487 g/mol. The Balaban J connectivity index is 1.67. The van der Waals surface area contributed by atoms with Gasteiger partial charge in [-0.05, 0) is 55.3 Å². The number of carbonyl (C=O) groups is 2. The molecule has 0 radical (unpaired) electrons. The maximum Gasteiger partial charge on any atom is 0.272 e. The summed E-state index contributed by atoms with van der Waals surface area (Å²) in [5.41, 5.74) is 6.18. The number of amides is 2. The molecule has 178 valence electrons. The van der Waals surface area contributed by atoms with Crippen LogP contribution in [0.2, 0.25) is 0 Å². The molecule has 5 rings (SSSR count). The number of rotatable bonds is 5. The number of nitrogens with zero attached hydrogens (tertiary/aromatic N) is 2. The van der Waals surface area contributed by atoms with Crippen LogP contribution in [0.15, 0.2) is 54.6 Å². The predicted octanol–water partition coefficient (Wildman–Crippen LogP) is 5.79. The number of carbonyl (C=O) groups excluding carboxylic acids is 2. The number of pyridine rings is 1. The molecule has 2 N–H and O–H groups in total. The van der Waals surface area contributed by atoms with Crippen LogP contribution in [0, 0.1) is 13.8 Å². The van der Waals surface area contributed by atoms with Crippen molar-refractivity contribution < 1.29 is 14.3 Å². The van der Waals surface area contributed by atoms with Gasteiger partial charge in [-0.1, -0.05) is 29.8 Å². The van der Waals surface area contributed by atoms with Gasteiger partial charge >= 0.3 is 0 Å². The van der Waals surface area contributed by atoms with Gasteiger partial charge in [0.25, 0.3) is 5.91 Å². The van der Waals surface area contributed by atoms with Gasteiger partial charge in [0.2, 0.25) is 5.91 Å². The summed E-state index contributed by atoms with van der Waals surface area (Å²) in [5, 5.41) is 7.36. The van der Waals surface area contributed by atoms with E-state index >= 15 is 0 Å². The smallest absolute Gasteiger partial charge is 0.272 e. The fourth-order valence-electron chi connectivity index (χ4n) is 4.45. The Morgan fingerprint density at radius 2 is 1.86 bits per heavy atom.